The first-order chi connectivity index (χ1) is 11.2. The smallest absolute Gasteiger partial charge is 0.341 e. The van der Waals surface area contributed by atoms with Crippen molar-refractivity contribution < 1.29 is 29.0 Å². The highest BCUT2D eigenvalue weighted by molar-refractivity contribution is 7.18. The molecular weight excluding hydrogens is 336 g/mol. The molecular formula is C15H20N2O6S. The van der Waals surface area contributed by atoms with Crippen LogP contribution in [-0.2, 0) is 14.3 Å². The summed E-state index contributed by atoms with van der Waals surface area (Å²) >= 11 is 0.968. The fourth-order valence-corrected chi connectivity index (χ4v) is 3.10. The van der Waals surface area contributed by atoms with Gasteiger partial charge in [0, 0.05) is 20.5 Å². The molecule has 0 saturated carbocycles. The number of nitrogens with one attached hydrogen (secondary N) is 1. The fourth-order valence-electron chi connectivity index (χ4n) is 1.87. The third-order valence-electron chi connectivity index (χ3n) is 3.05. The van der Waals surface area contributed by atoms with Gasteiger partial charge in [-0.2, -0.15) is 0 Å². The Kier molecular flexibility index (Phi) is 6.90. The average molecular weight is 356 g/mol. The lowest BCUT2D eigenvalue weighted by Gasteiger charge is -2.09. The summed E-state index contributed by atoms with van der Waals surface area (Å²) in [6, 6.07) is 0. The number of thiophene rings is 1. The van der Waals surface area contributed by atoms with Crippen molar-refractivity contribution in [3.05, 3.63) is 16.0 Å². The SMILES string of the molecule is CCOC(=O)c1c(NC(=O)CCC(=O)O)sc(C(=O)N(C)C)c1C. The van der Waals surface area contributed by atoms with Gasteiger partial charge in [0.15, 0.2) is 0 Å². The summed E-state index contributed by atoms with van der Waals surface area (Å²) in [5.41, 5.74) is 0.543. The molecule has 0 atom stereocenters. The lowest BCUT2D eigenvalue weighted by atomic mass is 10.1. The summed E-state index contributed by atoms with van der Waals surface area (Å²) in [5.74, 6) is -2.58. The standard InChI is InChI=1S/C15H20N2O6S/c1-5-23-15(22)11-8(2)12(14(21)17(3)4)24-13(11)16-9(18)6-7-10(19)20/h5-7H2,1-4H3,(H,16,18)(H,19,20). The molecule has 9 heteroatoms. The van der Waals surface area contributed by atoms with Crippen LogP contribution in [0.5, 0.6) is 0 Å². The van der Waals surface area contributed by atoms with Gasteiger partial charge in [-0.25, -0.2) is 4.79 Å². The van der Waals surface area contributed by atoms with Crippen molar-refractivity contribution in [1.29, 1.82) is 0 Å². The first-order valence-corrected chi connectivity index (χ1v) is 8.04. The molecule has 0 radical (unpaired) electrons. The maximum atomic E-state index is 12.2. The van der Waals surface area contributed by atoms with E-state index in [0.29, 0.717) is 10.4 Å². The third-order valence-corrected chi connectivity index (χ3v) is 4.24. The Hall–Kier alpha value is -2.42. The topological polar surface area (TPSA) is 113 Å². The Morgan fingerprint density at radius 2 is 1.83 bits per heavy atom. The van der Waals surface area contributed by atoms with E-state index in [4.69, 9.17) is 9.84 Å². The minimum atomic E-state index is -1.10. The number of amides is 2. The number of carboxylic acid groups (broad SMARTS) is 1. The molecule has 2 N–H and O–H groups in total. The van der Waals surface area contributed by atoms with Gasteiger partial charge in [-0.3, -0.25) is 14.4 Å². The monoisotopic (exact) mass is 356 g/mol. The predicted octanol–water partition coefficient (Wildman–Crippen LogP) is 1.74. The van der Waals surface area contributed by atoms with Gasteiger partial charge in [-0.1, -0.05) is 0 Å². The minimum Gasteiger partial charge on any atom is -0.481 e. The van der Waals surface area contributed by atoms with E-state index in [0.717, 1.165) is 11.3 Å². The minimum absolute atomic E-state index is 0.121. The average Bonchev–Trinajstić information content (AvgIpc) is 2.80. The number of esters is 1. The number of hydrogen-bond acceptors (Lipinski definition) is 6. The van der Waals surface area contributed by atoms with Crippen molar-refractivity contribution in [3.8, 4) is 0 Å². The maximum Gasteiger partial charge on any atom is 0.341 e. The zero-order valence-corrected chi connectivity index (χ0v) is 14.8. The summed E-state index contributed by atoms with van der Waals surface area (Å²) < 4.78 is 4.98. The van der Waals surface area contributed by atoms with Gasteiger partial charge < -0.3 is 20.1 Å². The molecule has 0 bridgehead atoms. The molecule has 1 rings (SSSR count). The number of rotatable bonds is 7. The number of nitrogens with zero attached hydrogens (tertiary/aromatic N) is 1. The predicted molar refractivity (Wildman–Crippen MR) is 88.5 cm³/mol. The van der Waals surface area contributed by atoms with Crippen LogP contribution in [0.25, 0.3) is 0 Å². The van der Waals surface area contributed by atoms with Crippen LogP contribution in [0.2, 0.25) is 0 Å². The maximum absolute atomic E-state index is 12.2. The molecule has 8 nitrogen and oxygen atoms in total. The Bertz CT molecular complexity index is 665. The van der Waals surface area contributed by atoms with Crippen molar-refractivity contribution in [2.75, 3.05) is 26.0 Å². The van der Waals surface area contributed by atoms with Crippen LogP contribution in [0, 0.1) is 6.92 Å². The molecule has 0 fully saturated rings. The number of anilines is 1. The van der Waals surface area contributed by atoms with Gasteiger partial charge in [0.05, 0.1) is 23.5 Å². The molecule has 0 unspecified atom stereocenters. The van der Waals surface area contributed by atoms with E-state index in [1.54, 1.807) is 27.9 Å². The number of carbonyl (C=O) groups excluding carboxylic acids is 3. The normalized spacial score (nSPS) is 10.2. The zero-order chi connectivity index (χ0) is 18.4. The molecule has 2 amide bonds. The molecule has 1 aromatic rings. The lowest BCUT2D eigenvalue weighted by molar-refractivity contribution is -0.138. The Morgan fingerprint density at radius 1 is 1.21 bits per heavy atom. The second kappa shape index (κ2) is 8.44. The highest BCUT2D eigenvalue weighted by Crippen LogP contribution is 2.34. The largest absolute Gasteiger partial charge is 0.481 e. The van der Waals surface area contributed by atoms with Crippen LogP contribution in [0.1, 0.15) is 45.4 Å². The van der Waals surface area contributed by atoms with E-state index in [2.05, 4.69) is 5.32 Å². The van der Waals surface area contributed by atoms with Crippen LogP contribution in [-0.4, -0.2) is 54.5 Å². The second-order valence-corrected chi connectivity index (χ2v) is 6.14. The molecule has 24 heavy (non-hydrogen) atoms. The van der Waals surface area contributed by atoms with Gasteiger partial charge in [0.1, 0.15) is 5.00 Å². The lowest BCUT2D eigenvalue weighted by Crippen LogP contribution is -2.21. The van der Waals surface area contributed by atoms with E-state index in [1.165, 1.54) is 4.90 Å². The first-order valence-electron chi connectivity index (χ1n) is 7.22. The van der Waals surface area contributed by atoms with Crippen LogP contribution in [0.3, 0.4) is 0 Å². The Morgan fingerprint density at radius 3 is 2.33 bits per heavy atom. The van der Waals surface area contributed by atoms with Crippen molar-refractivity contribution in [2.45, 2.75) is 26.7 Å². The Balaban J connectivity index is 3.18. The molecule has 0 spiro atoms. The van der Waals surface area contributed by atoms with Crippen molar-refractivity contribution in [3.63, 3.8) is 0 Å². The molecule has 132 valence electrons. The van der Waals surface area contributed by atoms with Gasteiger partial charge in [0.2, 0.25) is 5.91 Å². The molecule has 0 saturated heterocycles. The highest BCUT2D eigenvalue weighted by Gasteiger charge is 2.27. The molecule has 0 aromatic carbocycles. The summed E-state index contributed by atoms with van der Waals surface area (Å²) in [7, 11) is 3.16. The van der Waals surface area contributed by atoms with E-state index >= 15 is 0 Å². The third kappa shape index (κ3) is 4.79. The van der Waals surface area contributed by atoms with Gasteiger partial charge in [0.25, 0.3) is 5.91 Å². The molecule has 0 aliphatic heterocycles. The molecule has 1 heterocycles. The highest BCUT2D eigenvalue weighted by atomic mass is 32.1. The number of ether oxygens (including phenoxy) is 1. The van der Waals surface area contributed by atoms with Crippen molar-refractivity contribution in [2.24, 2.45) is 0 Å². The molecule has 0 aliphatic carbocycles. The second-order valence-electron chi connectivity index (χ2n) is 5.12. The van der Waals surface area contributed by atoms with Gasteiger partial charge >= 0.3 is 11.9 Å². The van der Waals surface area contributed by atoms with Crippen LogP contribution < -0.4 is 5.32 Å². The van der Waals surface area contributed by atoms with E-state index in [-0.39, 0.29) is 35.9 Å². The first kappa shape index (κ1) is 19.6. The van der Waals surface area contributed by atoms with Gasteiger partial charge in [-0.05, 0) is 19.4 Å². The fraction of sp³-hybridized carbons (Fsp3) is 0.467. The number of hydrogen-bond donors (Lipinski definition) is 2. The van der Waals surface area contributed by atoms with Crippen molar-refractivity contribution in [1.82, 2.24) is 4.90 Å². The van der Waals surface area contributed by atoms with E-state index < -0.39 is 17.8 Å². The summed E-state index contributed by atoms with van der Waals surface area (Å²) in [4.78, 5) is 48.4. The van der Waals surface area contributed by atoms with Crippen LogP contribution in [0.4, 0.5) is 5.00 Å². The number of carbonyl (C=O) groups is 4. The molecule has 1 aromatic heterocycles. The number of carboxylic acids is 1. The summed E-state index contributed by atoms with van der Waals surface area (Å²) in [6.07, 6.45) is -0.556. The Labute approximate surface area is 143 Å². The molecule has 0 aliphatic rings. The summed E-state index contributed by atoms with van der Waals surface area (Å²) in [6.45, 7) is 3.40. The van der Waals surface area contributed by atoms with Crippen molar-refractivity contribution >= 4 is 40.1 Å². The van der Waals surface area contributed by atoms with Crippen LogP contribution in [0.15, 0.2) is 0 Å². The number of aliphatic carboxylic acids is 1. The van der Waals surface area contributed by atoms with Gasteiger partial charge in [-0.15, -0.1) is 11.3 Å². The van der Waals surface area contributed by atoms with E-state index in [1.807, 2.05) is 0 Å². The van der Waals surface area contributed by atoms with Crippen LogP contribution >= 0.6 is 11.3 Å². The summed E-state index contributed by atoms with van der Waals surface area (Å²) in [5, 5.41) is 11.3. The quantitative estimate of drug-likeness (QED) is 0.720. The van der Waals surface area contributed by atoms with E-state index in [9.17, 15) is 19.2 Å². The zero-order valence-electron chi connectivity index (χ0n) is 14.0.